The Morgan fingerprint density at radius 1 is 1.36 bits per heavy atom. The average molecular weight is 502 g/mol. The Bertz CT molecular complexity index is 1290. The Kier molecular flexibility index (Phi) is 5.58. The first-order chi connectivity index (χ1) is 15.7. The molecule has 0 bridgehead atoms. The summed E-state index contributed by atoms with van der Waals surface area (Å²) in [7, 11) is -3.88. The Hall–Kier alpha value is -2.29. The zero-order valence-electron chi connectivity index (χ0n) is 17.6. The molecule has 14 heteroatoms. The number of sulfonamides is 1. The summed E-state index contributed by atoms with van der Waals surface area (Å²) in [5.74, 6) is 0.211. The van der Waals surface area contributed by atoms with Gasteiger partial charge in [-0.25, -0.2) is 31.3 Å². The lowest BCUT2D eigenvalue weighted by atomic mass is 10.2. The number of halogens is 3. The van der Waals surface area contributed by atoms with Crippen LogP contribution in [0, 0.1) is 0 Å². The van der Waals surface area contributed by atoms with Gasteiger partial charge in [0.05, 0.1) is 23.4 Å². The van der Waals surface area contributed by atoms with Crippen molar-refractivity contribution in [2.24, 2.45) is 0 Å². The molecular weight excluding hydrogens is 479 g/mol. The first-order valence-corrected chi connectivity index (χ1v) is 12.7. The van der Waals surface area contributed by atoms with Crippen molar-refractivity contribution >= 4 is 32.6 Å². The van der Waals surface area contributed by atoms with E-state index in [9.17, 15) is 21.6 Å². The molecule has 3 aromatic heterocycles. The highest BCUT2D eigenvalue weighted by atomic mass is 32.2. The third kappa shape index (κ3) is 4.32. The molecular formula is C19H22F3N7O2S2. The van der Waals surface area contributed by atoms with Crippen LogP contribution in [0.1, 0.15) is 31.2 Å². The fraction of sp³-hybridized carbons (Fsp3) is 0.526. The van der Waals surface area contributed by atoms with Gasteiger partial charge in [0.2, 0.25) is 10.0 Å². The predicted molar refractivity (Wildman–Crippen MR) is 117 cm³/mol. The molecule has 3 aromatic rings. The lowest BCUT2D eigenvalue weighted by Crippen LogP contribution is -2.51. The summed E-state index contributed by atoms with van der Waals surface area (Å²) < 4.78 is 70.1. The van der Waals surface area contributed by atoms with Crippen LogP contribution in [0.5, 0.6) is 0 Å². The lowest BCUT2D eigenvalue weighted by molar-refractivity contribution is 0.150. The summed E-state index contributed by atoms with van der Waals surface area (Å²) in [4.78, 5) is 6.25. The van der Waals surface area contributed by atoms with Crippen LogP contribution in [0.2, 0.25) is 0 Å². The van der Waals surface area contributed by atoms with E-state index in [4.69, 9.17) is 0 Å². The van der Waals surface area contributed by atoms with Crippen molar-refractivity contribution in [3.63, 3.8) is 0 Å². The van der Waals surface area contributed by atoms with Gasteiger partial charge < -0.3 is 10.2 Å². The highest BCUT2D eigenvalue weighted by Gasteiger charge is 2.41. The minimum absolute atomic E-state index is 0.00584. The second-order valence-corrected chi connectivity index (χ2v) is 11.3. The van der Waals surface area contributed by atoms with Crippen molar-refractivity contribution < 1.29 is 21.6 Å². The van der Waals surface area contributed by atoms with Crippen molar-refractivity contribution in [3.8, 4) is 10.8 Å². The van der Waals surface area contributed by atoms with Crippen LogP contribution in [-0.2, 0) is 10.0 Å². The van der Waals surface area contributed by atoms with Crippen molar-refractivity contribution in [1.29, 1.82) is 0 Å². The standard InChI is InChI=1S/C19H22F3N7O2S2/c1-19(2-3-19)27-33(30,31)12-6-13(28-5-4-23-11(7-20)9-28)14-8-24-16(29(14)10-12)18-26-25-17(32-18)15(21)22/h6,8,10-11,15,23,27H,2-5,7,9H2,1H3/t11-/m0/s1. The van der Waals surface area contributed by atoms with Crippen LogP contribution < -0.4 is 14.9 Å². The molecule has 0 unspecified atom stereocenters. The number of imidazole rings is 1. The molecule has 0 radical (unpaired) electrons. The van der Waals surface area contributed by atoms with Crippen LogP contribution in [-0.4, -0.2) is 65.9 Å². The van der Waals surface area contributed by atoms with Gasteiger partial charge in [0.25, 0.3) is 6.43 Å². The molecule has 1 aliphatic heterocycles. The Morgan fingerprint density at radius 3 is 2.82 bits per heavy atom. The second-order valence-electron chi connectivity index (χ2n) is 8.56. The fourth-order valence-corrected chi connectivity index (χ4v) is 6.02. The van der Waals surface area contributed by atoms with E-state index in [2.05, 4.69) is 25.2 Å². The number of aromatic nitrogens is 4. The number of hydrogen-bond acceptors (Lipinski definition) is 8. The number of nitrogens with one attached hydrogen (secondary N) is 2. The molecule has 2 fully saturated rings. The van der Waals surface area contributed by atoms with Gasteiger partial charge in [-0.3, -0.25) is 4.40 Å². The highest BCUT2D eigenvalue weighted by molar-refractivity contribution is 7.89. The highest BCUT2D eigenvalue weighted by Crippen LogP contribution is 2.37. The first-order valence-electron chi connectivity index (χ1n) is 10.4. The number of piperazine rings is 1. The predicted octanol–water partition coefficient (Wildman–Crippen LogP) is 2.37. The molecule has 4 heterocycles. The zero-order valence-corrected chi connectivity index (χ0v) is 19.3. The van der Waals surface area contributed by atoms with Crippen LogP contribution >= 0.6 is 11.3 Å². The quantitative estimate of drug-likeness (QED) is 0.512. The van der Waals surface area contributed by atoms with Gasteiger partial charge in [-0.05, 0) is 25.8 Å². The van der Waals surface area contributed by atoms with Crippen LogP contribution in [0.25, 0.3) is 16.3 Å². The molecule has 5 rings (SSSR count). The summed E-state index contributed by atoms with van der Waals surface area (Å²) in [6, 6.07) is 1.17. The largest absolute Gasteiger partial charge is 0.367 e. The van der Waals surface area contributed by atoms with E-state index in [1.807, 2.05) is 11.8 Å². The Balaban J connectivity index is 1.65. The van der Waals surface area contributed by atoms with Gasteiger partial charge in [0, 0.05) is 31.4 Å². The SMILES string of the molecule is CC1(NS(=O)(=O)c2cc(N3CCN[C@@H](CF)C3)c3cnc(-c4nnc(C(F)F)s4)n3c2)CC1. The maximum Gasteiger partial charge on any atom is 0.291 e. The molecule has 9 nitrogen and oxygen atoms in total. The van der Waals surface area contributed by atoms with E-state index >= 15 is 0 Å². The molecule has 1 saturated heterocycles. The van der Waals surface area contributed by atoms with E-state index in [-0.39, 0.29) is 21.8 Å². The maximum atomic E-state index is 13.3. The van der Waals surface area contributed by atoms with Crippen molar-refractivity contribution in [3.05, 3.63) is 23.5 Å². The van der Waals surface area contributed by atoms with Crippen LogP contribution in [0.15, 0.2) is 23.4 Å². The molecule has 1 aliphatic carbocycles. The topological polar surface area (TPSA) is 105 Å². The van der Waals surface area contributed by atoms with Crippen molar-refractivity contribution in [1.82, 2.24) is 29.6 Å². The van der Waals surface area contributed by atoms with Crippen LogP contribution in [0.4, 0.5) is 18.9 Å². The van der Waals surface area contributed by atoms with E-state index in [1.54, 1.807) is 6.07 Å². The third-order valence-corrected chi connectivity index (χ3v) is 8.42. The van der Waals surface area contributed by atoms with E-state index in [0.717, 1.165) is 12.8 Å². The van der Waals surface area contributed by atoms with Gasteiger partial charge >= 0.3 is 0 Å². The summed E-state index contributed by atoms with van der Waals surface area (Å²) >= 11 is 0.699. The number of nitrogens with zero attached hydrogens (tertiary/aromatic N) is 5. The fourth-order valence-electron chi connectivity index (χ4n) is 3.85. The lowest BCUT2D eigenvalue weighted by Gasteiger charge is -2.34. The molecule has 2 aliphatic rings. The Labute approximate surface area is 192 Å². The molecule has 1 saturated carbocycles. The molecule has 0 aromatic carbocycles. The number of rotatable bonds is 7. The van der Waals surface area contributed by atoms with E-state index in [1.165, 1.54) is 16.8 Å². The minimum Gasteiger partial charge on any atom is -0.367 e. The average Bonchev–Trinajstić information content (AvgIpc) is 3.19. The molecule has 0 amide bonds. The van der Waals surface area contributed by atoms with Gasteiger partial charge in [0.15, 0.2) is 15.8 Å². The third-order valence-electron chi connectivity index (χ3n) is 5.89. The van der Waals surface area contributed by atoms with E-state index < -0.39 is 33.7 Å². The van der Waals surface area contributed by atoms with Gasteiger partial charge in [-0.15, -0.1) is 10.2 Å². The van der Waals surface area contributed by atoms with Crippen LogP contribution in [0.3, 0.4) is 0 Å². The summed E-state index contributed by atoms with van der Waals surface area (Å²) in [5, 5.41) is 10.1. The van der Waals surface area contributed by atoms with Crippen molar-refractivity contribution in [2.45, 2.75) is 42.7 Å². The smallest absolute Gasteiger partial charge is 0.291 e. The molecule has 2 N–H and O–H groups in total. The number of anilines is 1. The summed E-state index contributed by atoms with van der Waals surface area (Å²) in [6.45, 7) is 2.69. The molecule has 1 atom stereocenters. The molecule has 178 valence electrons. The zero-order chi connectivity index (χ0) is 23.4. The Morgan fingerprint density at radius 2 is 2.15 bits per heavy atom. The monoisotopic (exact) mass is 501 g/mol. The first kappa shape index (κ1) is 22.5. The normalized spacial score (nSPS) is 20.6. The molecule has 0 spiro atoms. The summed E-state index contributed by atoms with van der Waals surface area (Å²) in [5.41, 5.74) is 0.650. The second kappa shape index (κ2) is 8.18. The minimum atomic E-state index is -3.88. The van der Waals surface area contributed by atoms with Crippen molar-refractivity contribution in [2.75, 3.05) is 31.2 Å². The number of pyridine rings is 1. The maximum absolute atomic E-state index is 13.3. The number of alkyl halides is 3. The number of fused-ring (bicyclic) bond motifs is 1. The summed E-state index contributed by atoms with van der Waals surface area (Å²) in [6.07, 6.45) is 1.67. The number of hydrogen-bond donors (Lipinski definition) is 2. The van der Waals surface area contributed by atoms with Gasteiger partial charge in [-0.2, -0.15) is 0 Å². The van der Waals surface area contributed by atoms with E-state index in [0.29, 0.717) is 42.2 Å². The van der Waals surface area contributed by atoms with Gasteiger partial charge in [0.1, 0.15) is 11.6 Å². The van der Waals surface area contributed by atoms with Gasteiger partial charge in [-0.1, -0.05) is 11.3 Å². The molecule has 33 heavy (non-hydrogen) atoms.